The standard InChI is InChI=1S/C8H13NO5S/c1-4-7(5-9-2)8(10)13-6-14-15(3,11)12/h4-5H,6H2,1-3H3. The van der Waals surface area contributed by atoms with E-state index in [1.807, 2.05) is 0 Å². The average molecular weight is 235 g/mol. The van der Waals surface area contributed by atoms with Crippen molar-refractivity contribution in [2.75, 3.05) is 20.1 Å². The summed E-state index contributed by atoms with van der Waals surface area (Å²) in [6.45, 7) is 1.00. The first kappa shape index (κ1) is 13.8. The Morgan fingerprint density at radius 2 is 2.07 bits per heavy atom. The first-order chi connectivity index (χ1) is 6.90. The summed E-state index contributed by atoms with van der Waals surface area (Å²) in [7, 11) is -2.09. The Morgan fingerprint density at radius 3 is 2.47 bits per heavy atom. The molecule has 0 spiro atoms. The number of hydrogen-bond donors (Lipinski definition) is 0. The third kappa shape index (κ3) is 6.81. The molecule has 0 saturated heterocycles. The van der Waals surface area contributed by atoms with Crippen LogP contribution in [0.4, 0.5) is 0 Å². The van der Waals surface area contributed by atoms with Crippen molar-refractivity contribution in [2.45, 2.75) is 6.92 Å². The van der Waals surface area contributed by atoms with Gasteiger partial charge in [0.25, 0.3) is 10.1 Å². The maximum Gasteiger partial charge on any atom is 0.341 e. The summed E-state index contributed by atoms with van der Waals surface area (Å²) in [5, 5.41) is 0. The smallest absolute Gasteiger partial charge is 0.341 e. The molecule has 0 saturated carbocycles. The zero-order valence-electron chi connectivity index (χ0n) is 8.76. The van der Waals surface area contributed by atoms with Crippen molar-refractivity contribution < 1.29 is 22.1 Å². The number of allylic oxidation sites excluding steroid dienone is 1. The molecule has 86 valence electrons. The van der Waals surface area contributed by atoms with Gasteiger partial charge >= 0.3 is 5.97 Å². The van der Waals surface area contributed by atoms with Gasteiger partial charge in [0.15, 0.2) is 0 Å². The molecule has 0 heterocycles. The van der Waals surface area contributed by atoms with Crippen molar-refractivity contribution in [3.63, 3.8) is 0 Å². The van der Waals surface area contributed by atoms with Gasteiger partial charge in [-0.15, -0.1) is 0 Å². The highest BCUT2D eigenvalue weighted by atomic mass is 32.2. The molecule has 0 aromatic carbocycles. The molecule has 0 rings (SSSR count). The molecular weight excluding hydrogens is 222 g/mol. The molecule has 0 bridgehead atoms. The molecule has 0 atom stereocenters. The van der Waals surface area contributed by atoms with Gasteiger partial charge in [-0.2, -0.15) is 8.42 Å². The second kappa shape index (κ2) is 6.31. The van der Waals surface area contributed by atoms with E-state index in [2.05, 4.69) is 13.9 Å². The second-order valence-corrected chi connectivity index (χ2v) is 4.15. The van der Waals surface area contributed by atoms with Gasteiger partial charge in [-0.25, -0.2) is 8.98 Å². The van der Waals surface area contributed by atoms with E-state index in [0.29, 0.717) is 0 Å². The fourth-order valence-electron chi connectivity index (χ4n) is 0.632. The van der Waals surface area contributed by atoms with Crippen LogP contribution in [0.2, 0.25) is 0 Å². The van der Waals surface area contributed by atoms with E-state index >= 15 is 0 Å². The van der Waals surface area contributed by atoms with Crippen LogP contribution in [0.3, 0.4) is 0 Å². The van der Waals surface area contributed by atoms with Crippen molar-refractivity contribution in [3.8, 4) is 0 Å². The van der Waals surface area contributed by atoms with Gasteiger partial charge in [0.05, 0.1) is 11.8 Å². The van der Waals surface area contributed by atoms with Crippen molar-refractivity contribution in [1.82, 2.24) is 0 Å². The molecule has 15 heavy (non-hydrogen) atoms. The topological polar surface area (TPSA) is 82.0 Å². The van der Waals surface area contributed by atoms with Gasteiger partial charge < -0.3 is 4.74 Å². The van der Waals surface area contributed by atoms with Crippen LogP contribution >= 0.6 is 0 Å². The summed E-state index contributed by atoms with van der Waals surface area (Å²) in [6, 6.07) is 0. The highest BCUT2D eigenvalue weighted by Crippen LogP contribution is 1.96. The predicted octanol–water partition coefficient (Wildman–Crippen LogP) is 0.110. The fourth-order valence-corrected chi connectivity index (χ4v) is 0.855. The number of nitrogens with zero attached hydrogens (tertiary/aromatic N) is 1. The van der Waals surface area contributed by atoms with E-state index in [4.69, 9.17) is 0 Å². The largest absolute Gasteiger partial charge is 0.434 e. The number of carbonyl (C=O) groups excluding carboxylic acids is 1. The van der Waals surface area contributed by atoms with Crippen LogP contribution in [0.5, 0.6) is 0 Å². The number of rotatable bonds is 5. The Balaban J connectivity index is 4.15. The van der Waals surface area contributed by atoms with E-state index in [-0.39, 0.29) is 5.57 Å². The monoisotopic (exact) mass is 235 g/mol. The first-order valence-electron chi connectivity index (χ1n) is 4.00. The lowest BCUT2D eigenvalue weighted by Gasteiger charge is -2.03. The van der Waals surface area contributed by atoms with Crippen LogP contribution < -0.4 is 0 Å². The summed E-state index contributed by atoms with van der Waals surface area (Å²) in [5.41, 5.74) is 0.231. The molecule has 0 radical (unpaired) electrons. The number of esters is 1. The number of ether oxygens (including phenoxy) is 1. The third-order valence-electron chi connectivity index (χ3n) is 1.27. The maximum atomic E-state index is 11.2. The molecule has 0 aromatic heterocycles. The third-order valence-corrected chi connectivity index (χ3v) is 1.79. The molecule has 0 aliphatic carbocycles. The zero-order chi connectivity index (χ0) is 11.9. The molecule has 0 fully saturated rings. The minimum atomic E-state index is -3.59. The summed E-state index contributed by atoms with van der Waals surface area (Å²) < 4.78 is 29.8. The Labute approximate surface area is 88.7 Å². The molecule has 0 aliphatic rings. The highest BCUT2D eigenvalue weighted by Gasteiger charge is 2.09. The van der Waals surface area contributed by atoms with Gasteiger partial charge in [0, 0.05) is 13.3 Å². The Morgan fingerprint density at radius 1 is 1.47 bits per heavy atom. The van der Waals surface area contributed by atoms with E-state index in [0.717, 1.165) is 6.26 Å². The van der Waals surface area contributed by atoms with E-state index < -0.39 is 22.9 Å². The minimum Gasteiger partial charge on any atom is -0.434 e. The Bertz CT molecular complexity index is 368. The molecule has 0 aromatic rings. The summed E-state index contributed by atoms with van der Waals surface area (Å²) in [4.78, 5) is 14.8. The first-order valence-corrected chi connectivity index (χ1v) is 5.82. The van der Waals surface area contributed by atoms with Crippen molar-refractivity contribution in [2.24, 2.45) is 4.99 Å². The summed E-state index contributed by atoms with van der Waals surface area (Å²) in [6.07, 6.45) is 3.67. The van der Waals surface area contributed by atoms with Crippen LogP contribution in [0.25, 0.3) is 0 Å². The summed E-state index contributed by atoms with van der Waals surface area (Å²) >= 11 is 0. The molecule has 0 unspecified atom stereocenters. The Hall–Kier alpha value is -1.21. The van der Waals surface area contributed by atoms with Crippen LogP contribution in [0.1, 0.15) is 6.92 Å². The fraction of sp³-hybridized carbons (Fsp3) is 0.500. The molecule has 7 heteroatoms. The zero-order valence-corrected chi connectivity index (χ0v) is 9.58. The molecular formula is C8H13NO5S. The molecule has 0 aliphatic heterocycles. The van der Waals surface area contributed by atoms with Crippen molar-refractivity contribution in [1.29, 1.82) is 0 Å². The lowest BCUT2D eigenvalue weighted by atomic mass is 10.3. The summed E-state index contributed by atoms with van der Waals surface area (Å²) in [5.74, 6) is -0.688. The van der Waals surface area contributed by atoms with Crippen LogP contribution in [0, 0.1) is 0 Å². The number of hydrogen-bond acceptors (Lipinski definition) is 6. The van der Waals surface area contributed by atoms with Crippen LogP contribution in [-0.2, 0) is 23.8 Å². The van der Waals surface area contributed by atoms with E-state index in [1.54, 1.807) is 6.92 Å². The number of aliphatic imine (C=N–C) groups is 1. The normalized spacial score (nSPS) is 13.1. The molecule has 6 nitrogen and oxygen atoms in total. The van der Waals surface area contributed by atoms with Gasteiger partial charge in [0.1, 0.15) is 0 Å². The lowest BCUT2D eigenvalue weighted by molar-refractivity contribution is -0.144. The van der Waals surface area contributed by atoms with Gasteiger partial charge in [-0.05, 0) is 6.92 Å². The van der Waals surface area contributed by atoms with Crippen molar-refractivity contribution in [3.05, 3.63) is 11.6 Å². The van der Waals surface area contributed by atoms with E-state index in [9.17, 15) is 13.2 Å². The van der Waals surface area contributed by atoms with Crippen LogP contribution in [-0.4, -0.2) is 40.7 Å². The van der Waals surface area contributed by atoms with Crippen LogP contribution in [0.15, 0.2) is 16.6 Å². The molecule has 0 amide bonds. The molecule has 0 N–H and O–H groups in total. The van der Waals surface area contributed by atoms with Crippen molar-refractivity contribution >= 4 is 22.3 Å². The Kier molecular flexibility index (Phi) is 5.80. The lowest BCUT2D eigenvalue weighted by Crippen LogP contribution is -2.14. The van der Waals surface area contributed by atoms with E-state index in [1.165, 1.54) is 19.3 Å². The van der Waals surface area contributed by atoms with Gasteiger partial charge in [-0.3, -0.25) is 4.99 Å². The van der Waals surface area contributed by atoms with Gasteiger partial charge in [0.2, 0.25) is 6.79 Å². The maximum absolute atomic E-state index is 11.2. The number of carbonyl (C=O) groups is 1. The SMILES string of the molecule is CC=C(C=NC)C(=O)OCOS(C)(=O)=O. The predicted molar refractivity (Wildman–Crippen MR) is 55.1 cm³/mol. The minimum absolute atomic E-state index is 0.231. The quantitative estimate of drug-likeness (QED) is 0.222. The average Bonchev–Trinajstić information content (AvgIpc) is 2.11. The van der Waals surface area contributed by atoms with Gasteiger partial charge in [-0.1, -0.05) is 6.08 Å². The second-order valence-electron chi connectivity index (χ2n) is 2.50. The highest BCUT2D eigenvalue weighted by molar-refractivity contribution is 7.85.